The van der Waals surface area contributed by atoms with Crippen LogP contribution < -0.4 is 0 Å². The number of hydrogen-bond acceptors (Lipinski definition) is 0. The van der Waals surface area contributed by atoms with E-state index in [-0.39, 0.29) is 0 Å². The van der Waals surface area contributed by atoms with Crippen molar-refractivity contribution in [2.45, 2.75) is 66.2 Å². The van der Waals surface area contributed by atoms with Crippen LogP contribution in [0.5, 0.6) is 0 Å². The molecule has 0 heterocycles. The molecule has 0 bridgehead atoms. The summed E-state index contributed by atoms with van der Waals surface area (Å²) in [5, 5.41) is 0. The summed E-state index contributed by atoms with van der Waals surface area (Å²) in [5.74, 6) is 1.65. The van der Waals surface area contributed by atoms with Crippen molar-refractivity contribution in [3.05, 3.63) is 42.0 Å². The first-order valence-corrected chi connectivity index (χ1v) is 11.1. The third kappa shape index (κ3) is 5.52. The van der Waals surface area contributed by atoms with Gasteiger partial charge in [0.2, 0.25) is 0 Å². The molecule has 2 aliphatic rings. The van der Waals surface area contributed by atoms with Crippen LogP contribution in [-0.4, -0.2) is 0 Å². The predicted molar refractivity (Wildman–Crippen MR) is 89.7 cm³/mol. The van der Waals surface area contributed by atoms with Crippen LogP contribution in [0.25, 0.3) is 0 Å². The molecule has 114 valence electrons. The average Bonchev–Trinajstić information content (AvgIpc) is 3.04. The van der Waals surface area contributed by atoms with Crippen LogP contribution in [0.15, 0.2) is 42.0 Å². The molecule has 0 amide bonds. The molecule has 0 unspecified atom stereocenters. The minimum atomic E-state index is -0.502. The third-order valence-corrected chi connectivity index (χ3v) is 8.41. The van der Waals surface area contributed by atoms with E-state index in [1.807, 2.05) is 6.56 Å². The zero-order chi connectivity index (χ0) is 15.2. The Kier molecular flexibility index (Phi) is 6.94. The Morgan fingerprint density at radius 2 is 1.24 bits per heavy atom. The van der Waals surface area contributed by atoms with Gasteiger partial charge < -0.3 is 0 Å². The van der Waals surface area contributed by atoms with Gasteiger partial charge in [-0.05, 0) is 0 Å². The summed E-state index contributed by atoms with van der Waals surface area (Å²) in [6.45, 7) is 9.36. The number of allylic oxidation sites excluding steroid dienone is 8. The Labute approximate surface area is 143 Å². The molecule has 0 saturated heterocycles. The van der Waals surface area contributed by atoms with Crippen molar-refractivity contribution in [3.8, 4) is 0 Å². The summed E-state index contributed by atoms with van der Waals surface area (Å²) >= 11 is -0.502. The zero-order valence-corrected chi connectivity index (χ0v) is 16.7. The maximum atomic E-state index is 2.43. The van der Waals surface area contributed by atoms with Crippen molar-refractivity contribution in [2.75, 3.05) is 0 Å². The van der Waals surface area contributed by atoms with Crippen LogP contribution in [0.4, 0.5) is 0 Å². The van der Waals surface area contributed by atoms with Gasteiger partial charge in [-0.3, -0.25) is 0 Å². The Hall–Kier alpha value is -0.157. The fraction of sp³-hybridized carbons (Fsp3) is 0.600. The summed E-state index contributed by atoms with van der Waals surface area (Å²) in [7, 11) is 0. The molecule has 0 aliphatic heterocycles. The predicted octanol–water partition coefficient (Wildman–Crippen LogP) is 6.37. The van der Waals surface area contributed by atoms with Gasteiger partial charge in [0.1, 0.15) is 0 Å². The topological polar surface area (TPSA) is 0 Å². The first-order chi connectivity index (χ1) is 10.1. The van der Waals surface area contributed by atoms with Gasteiger partial charge in [-0.25, -0.2) is 0 Å². The minimum absolute atomic E-state index is 0.502. The molecule has 0 saturated carbocycles. The van der Waals surface area contributed by atoms with Crippen molar-refractivity contribution in [1.29, 1.82) is 0 Å². The van der Waals surface area contributed by atoms with Crippen LogP contribution in [0.1, 0.15) is 66.2 Å². The molecule has 0 atom stereocenters. The zero-order valence-electron chi connectivity index (χ0n) is 14.2. The molecular formula is C20H30Zr. The van der Waals surface area contributed by atoms with Gasteiger partial charge in [-0.1, -0.05) is 0 Å². The van der Waals surface area contributed by atoms with E-state index >= 15 is 0 Å². The van der Waals surface area contributed by atoms with Crippen molar-refractivity contribution in [1.82, 2.24) is 0 Å². The molecule has 0 spiro atoms. The van der Waals surface area contributed by atoms with Gasteiger partial charge in [-0.15, -0.1) is 0 Å². The molecule has 0 aromatic rings. The van der Waals surface area contributed by atoms with Crippen molar-refractivity contribution in [2.24, 2.45) is 11.8 Å². The molecule has 0 nitrogen and oxygen atoms in total. The molecule has 0 aromatic carbocycles. The average molecular weight is 362 g/mol. The second-order valence-corrected chi connectivity index (χ2v) is 10.8. The SMILES string of the molecule is CC(C)CCC1=[C]([Zr][C]2=C(CCC(C)C)C=CC2)CC=C1. The van der Waals surface area contributed by atoms with Crippen LogP contribution in [0.2, 0.25) is 0 Å². The Morgan fingerprint density at radius 3 is 1.62 bits per heavy atom. The van der Waals surface area contributed by atoms with Crippen molar-refractivity contribution in [3.63, 3.8) is 0 Å². The van der Waals surface area contributed by atoms with E-state index in [4.69, 9.17) is 0 Å². The number of hydrogen-bond donors (Lipinski definition) is 0. The normalized spacial score (nSPS) is 18.0. The summed E-state index contributed by atoms with van der Waals surface area (Å²) in [6, 6.07) is 0. The van der Waals surface area contributed by atoms with E-state index in [2.05, 4.69) is 52.0 Å². The first-order valence-electron chi connectivity index (χ1n) is 8.60. The van der Waals surface area contributed by atoms with E-state index in [0.717, 1.165) is 11.8 Å². The Bertz CT molecular complexity index is 428. The van der Waals surface area contributed by atoms with E-state index in [9.17, 15) is 0 Å². The molecule has 0 fully saturated rings. The fourth-order valence-corrected chi connectivity index (χ4v) is 6.69. The summed E-state index contributed by atoms with van der Waals surface area (Å²) in [5.41, 5.74) is 3.41. The van der Waals surface area contributed by atoms with Crippen molar-refractivity contribution < 1.29 is 23.2 Å². The van der Waals surface area contributed by atoms with E-state index < -0.39 is 23.2 Å². The summed E-state index contributed by atoms with van der Waals surface area (Å²) in [6.07, 6.45) is 17.5. The molecule has 0 aromatic heterocycles. The van der Waals surface area contributed by atoms with Gasteiger partial charge in [0.15, 0.2) is 0 Å². The van der Waals surface area contributed by atoms with Gasteiger partial charge in [0.25, 0.3) is 0 Å². The Balaban J connectivity index is 1.99. The molecule has 2 rings (SSSR count). The van der Waals surface area contributed by atoms with E-state index in [0.29, 0.717) is 0 Å². The number of rotatable bonds is 8. The van der Waals surface area contributed by atoms with Gasteiger partial charge >= 0.3 is 143 Å². The molecule has 0 radical (unpaired) electrons. The summed E-state index contributed by atoms with van der Waals surface area (Å²) in [4.78, 5) is 0. The standard InChI is InChI=1S/2C10H15.Zr/c2*1-9(2)7-8-10-5-3-4-6-10;/h2*3,5,9H,4,7-8H2,1-2H3;. The molecule has 21 heavy (non-hydrogen) atoms. The monoisotopic (exact) mass is 360 g/mol. The van der Waals surface area contributed by atoms with Crippen LogP contribution in [-0.2, 0) is 23.2 Å². The second-order valence-electron chi connectivity index (χ2n) is 7.21. The van der Waals surface area contributed by atoms with E-state index in [1.54, 1.807) is 11.1 Å². The molecule has 0 N–H and O–H groups in total. The van der Waals surface area contributed by atoms with Crippen molar-refractivity contribution >= 4 is 0 Å². The van der Waals surface area contributed by atoms with Crippen LogP contribution >= 0.6 is 0 Å². The summed E-state index contributed by atoms with van der Waals surface area (Å²) < 4.78 is 3.72. The third-order valence-electron chi connectivity index (χ3n) is 4.34. The Morgan fingerprint density at radius 1 is 0.810 bits per heavy atom. The fourth-order valence-electron chi connectivity index (χ4n) is 2.90. The molecular weight excluding hydrogens is 331 g/mol. The molecule has 1 heteroatoms. The molecule has 2 aliphatic carbocycles. The van der Waals surface area contributed by atoms with Gasteiger partial charge in [0.05, 0.1) is 0 Å². The second kappa shape index (κ2) is 8.47. The maximum absolute atomic E-state index is 2.43. The first kappa shape index (κ1) is 17.2. The van der Waals surface area contributed by atoms with Crippen LogP contribution in [0.3, 0.4) is 0 Å². The van der Waals surface area contributed by atoms with Gasteiger partial charge in [-0.2, -0.15) is 0 Å². The quantitative estimate of drug-likeness (QED) is 0.471. The van der Waals surface area contributed by atoms with Gasteiger partial charge in [0, 0.05) is 0 Å². The van der Waals surface area contributed by atoms with Crippen LogP contribution in [0, 0.1) is 11.8 Å². The van der Waals surface area contributed by atoms with E-state index in [1.165, 1.54) is 38.5 Å².